The summed E-state index contributed by atoms with van der Waals surface area (Å²) in [6.45, 7) is 7.18. The largest absolute Gasteiger partial charge is 0.444 e. The number of aliphatic hydroxyl groups excluding tert-OH is 1. The lowest BCUT2D eigenvalue weighted by Crippen LogP contribution is -2.48. The van der Waals surface area contributed by atoms with Crippen molar-refractivity contribution in [2.24, 2.45) is 0 Å². The zero-order chi connectivity index (χ0) is 20.5. The molecule has 1 aromatic rings. The first-order valence-electron chi connectivity index (χ1n) is 9.07. The van der Waals surface area contributed by atoms with Crippen LogP contribution >= 0.6 is 11.6 Å². The van der Waals surface area contributed by atoms with Crippen LogP contribution in [0.15, 0.2) is 12.1 Å². The maximum Gasteiger partial charge on any atom is 0.410 e. The zero-order valence-corrected chi connectivity index (χ0v) is 16.9. The van der Waals surface area contributed by atoms with Gasteiger partial charge in [-0.2, -0.15) is 0 Å². The molecule has 0 unspecified atom stereocenters. The molecule has 5 nitrogen and oxygen atoms in total. The summed E-state index contributed by atoms with van der Waals surface area (Å²) < 4.78 is 33.7. The third-order valence-corrected chi connectivity index (χ3v) is 5.07. The average Bonchev–Trinajstić information content (AvgIpc) is 2.59. The highest BCUT2D eigenvalue weighted by Crippen LogP contribution is 2.39. The summed E-state index contributed by atoms with van der Waals surface area (Å²) >= 11 is 5.99. The van der Waals surface area contributed by atoms with Gasteiger partial charge in [-0.3, -0.25) is 0 Å². The molecular weight excluding hydrogens is 378 g/mol. The van der Waals surface area contributed by atoms with E-state index in [0.29, 0.717) is 31.6 Å². The molecule has 1 saturated heterocycles. The van der Waals surface area contributed by atoms with E-state index in [4.69, 9.17) is 16.3 Å². The molecule has 1 aliphatic rings. The highest BCUT2D eigenvalue weighted by molar-refractivity contribution is 6.29. The number of piperidine rings is 1. The molecule has 1 aliphatic heterocycles. The number of halogens is 3. The number of ether oxygens (including phenoxy) is 1. The fraction of sp³-hybridized carbons (Fsp3) is 0.684. The van der Waals surface area contributed by atoms with Crippen molar-refractivity contribution in [3.63, 3.8) is 0 Å². The number of nitrogens with zero attached hydrogens (tertiary/aromatic N) is 2. The van der Waals surface area contributed by atoms with Crippen molar-refractivity contribution >= 4 is 17.7 Å². The van der Waals surface area contributed by atoms with Crippen molar-refractivity contribution in [3.05, 3.63) is 28.5 Å². The molecule has 1 aromatic heterocycles. The summed E-state index contributed by atoms with van der Waals surface area (Å²) in [5, 5.41) is 10.0. The second kappa shape index (κ2) is 7.87. The minimum atomic E-state index is -3.02. The van der Waals surface area contributed by atoms with E-state index in [0.717, 1.165) is 6.07 Å². The number of aliphatic hydroxyl groups is 1. The van der Waals surface area contributed by atoms with Gasteiger partial charge in [0.05, 0.1) is 12.3 Å². The third kappa shape index (κ3) is 5.08. The Morgan fingerprint density at radius 1 is 1.33 bits per heavy atom. The van der Waals surface area contributed by atoms with Crippen LogP contribution in [-0.2, 0) is 16.1 Å². The van der Waals surface area contributed by atoms with E-state index in [1.165, 1.54) is 13.0 Å². The fourth-order valence-corrected chi connectivity index (χ4v) is 3.33. The Balaban J connectivity index is 2.24. The Kier molecular flexibility index (Phi) is 6.37. The van der Waals surface area contributed by atoms with Crippen LogP contribution in [0.2, 0.25) is 5.15 Å². The van der Waals surface area contributed by atoms with Crippen LogP contribution in [0.5, 0.6) is 0 Å². The number of rotatable bonds is 4. The van der Waals surface area contributed by atoms with Crippen molar-refractivity contribution in [2.75, 3.05) is 19.7 Å². The number of carbonyl (C=O) groups excluding carboxylic acids is 1. The predicted molar refractivity (Wildman–Crippen MR) is 99.2 cm³/mol. The maximum atomic E-state index is 14.1. The van der Waals surface area contributed by atoms with Crippen molar-refractivity contribution in [1.29, 1.82) is 0 Å². The van der Waals surface area contributed by atoms with Gasteiger partial charge in [0.25, 0.3) is 5.92 Å². The van der Waals surface area contributed by atoms with Gasteiger partial charge in [0.2, 0.25) is 0 Å². The molecule has 0 radical (unpaired) electrons. The first-order valence-corrected chi connectivity index (χ1v) is 9.45. The topological polar surface area (TPSA) is 62.7 Å². The number of pyridine rings is 1. The highest BCUT2D eigenvalue weighted by atomic mass is 35.5. The van der Waals surface area contributed by atoms with E-state index >= 15 is 0 Å². The molecule has 0 bridgehead atoms. The van der Waals surface area contributed by atoms with Gasteiger partial charge in [0.1, 0.15) is 10.8 Å². The van der Waals surface area contributed by atoms with E-state index < -0.39 is 23.0 Å². The first kappa shape index (κ1) is 21.8. The van der Waals surface area contributed by atoms with E-state index in [2.05, 4.69) is 4.98 Å². The molecule has 0 atom stereocenters. The lowest BCUT2D eigenvalue weighted by Gasteiger charge is -2.40. The van der Waals surface area contributed by atoms with Gasteiger partial charge >= 0.3 is 6.09 Å². The van der Waals surface area contributed by atoms with E-state index in [-0.39, 0.29) is 23.7 Å². The molecular formula is C19H27ClF2N2O3. The number of hydrogen-bond acceptors (Lipinski definition) is 4. The fourth-order valence-electron chi connectivity index (χ4n) is 3.12. The Morgan fingerprint density at radius 3 is 2.41 bits per heavy atom. The Hall–Kier alpha value is -1.47. The SMILES string of the molecule is CCC(F)(F)c1cc(Cl)nc(C2(CO)CCN(C(=O)OC(C)(C)C)CC2)c1. The summed E-state index contributed by atoms with van der Waals surface area (Å²) in [5.41, 5.74) is -1.29. The summed E-state index contributed by atoms with van der Waals surface area (Å²) in [5.74, 6) is -3.02. The minimum absolute atomic E-state index is 0.0296. The summed E-state index contributed by atoms with van der Waals surface area (Å²) in [7, 11) is 0. The Morgan fingerprint density at radius 2 is 1.93 bits per heavy atom. The molecule has 0 aliphatic carbocycles. The molecule has 1 amide bonds. The second-order valence-electron chi connectivity index (χ2n) is 8.03. The molecule has 152 valence electrons. The molecule has 8 heteroatoms. The molecule has 0 aromatic carbocycles. The van der Waals surface area contributed by atoms with E-state index in [1.807, 2.05) is 0 Å². The van der Waals surface area contributed by atoms with Crippen LogP contribution in [0.4, 0.5) is 13.6 Å². The zero-order valence-electron chi connectivity index (χ0n) is 16.2. The maximum absolute atomic E-state index is 14.1. The third-order valence-electron chi connectivity index (χ3n) is 4.88. The van der Waals surface area contributed by atoms with E-state index in [1.54, 1.807) is 25.7 Å². The monoisotopic (exact) mass is 404 g/mol. The highest BCUT2D eigenvalue weighted by Gasteiger charge is 2.41. The van der Waals surface area contributed by atoms with Crippen LogP contribution in [0.25, 0.3) is 0 Å². The van der Waals surface area contributed by atoms with Crippen LogP contribution in [-0.4, -0.2) is 46.4 Å². The smallest absolute Gasteiger partial charge is 0.410 e. The molecule has 0 spiro atoms. The summed E-state index contributed by atoms with van der Waals surface area (Å²) in [6, 6.07) is 2.49. The quantitative estimate of drug-likeness (QED) is 0.750. The van der Waals surface area contributed by atoms with Crippen LogP contribution < -0.4 is 0 Å². The van der Waals surface area contributed by atoms with Gasteiger partial charge in [-0.25, -0.2) is 18.6 Å². The predicted octanol–water partition coefficient (Wildman–Crippen LogP) is 4.50. The Labute approximate surface area is 163 Å². The van der Waals surface area contributed by atoms with E-state index in [9.17, 15) is 18.7 Å². The van der Waals surface area contributed by atoms with Crippen molar-refractivity contribution < 1.29 is 23.4 Å². The lowest BCUT2D eigenvalue weighted by molar-refractivity contribution is -0.00875. The molecule has 1 fully saturated rings. The minimum Gasteiger partial charge on any atom is -0.444 e. The average molecular weight is 405 g/mol. The van der Waals surface area contributed by atoms with Crippen molar-refractivity contribution in [3.8, 4) is 0 Å². The van der Waals surface area contributed by atoms with Gasteiger partial charge in [-0.15, -0.1) is 0 Å². The standard InChI is InChI=1S/C19H27ClF2N2O3/c1-5-19(21,22)13-10-14(23-15(20)11-13)18(12-25)6-8-24(9-7-18)16(26)27-17(2,3)4/h10-11,25H,5-9,12H2,1-4H3. The number of likely N-dealkylation sites (tertiary alicyclic amines) is 1. The molecule has 0 saturated carbocycles. The Bertz CT molecular complexity index is 684. The molecule has 1 N–H and O–H groups in total. The number of alkyl halides is 2. The van der Waals surface area contributed by atoms with Crippen molar-refractivity contribution in [1.82, 2.24) is 9.88 Å². The van der Waals surface area contributed by atoms with Gasteiger partial charge < -0.3 is 14.7 Å². The van der Waals surface area contributed by atoms with Crippen LogP contribution in [0.3, 0.4) is 0 Å². The van der Waals surface area contributed by atoms with Gasteiger partial charge in [0, 0.05) is 30.5 Å². The van der Waals surface area contributed by atoms with Crippen molar-refractivity contribution in [2.45, 2.75) is 63.9 Å². The molecule has 2 heterocycles. The van der Waals surface area contributed by atoms with Gasteiger partial charge in [-0.1, -0.05) is 18.5 Å². The number of aromatic nitrogens is 1. The number of amides is 1. The van der Waals surface area contributed by atoms with Crippen LogP contribution in [0.1, 0.15) is 58.2 Å². The first-order chi connectivity index (χ1) is 12.4. The molecule has 27 heavy (non-hydrogen) atoms. The van der Waals surface area contributed by atoms with Crippen LogP contribution in [0, 0.1) is 0 Å². The number of carbonyl (C=O) groups is 1. The number of hydrogen-bond donors (Lipinski definition) is 1. The van der Waals surface area contributed by atoms with Gasteiger partial charge in [0.15, 0.2) is 0 Å². The van der Waals surface area contributed by atoms with Gasteiger partial charge in [-0.05, 0) is 45.7 Å². The lowest BCUT2D eigenvalue weighted by atomic mass is 9.75. The summed E-state index contributed by atoms with van der Waals surface area (Å²) in [6.07, 6.45) is -0.0162. The normalized spacial score (nSPS) is 17.7. The summed E-state index contributed by atoms with van der Waals surface area (Å²) in [4.78, 5) is 18.0. The second-order valence-corrected chi connectivity index (χ2v) is 8.41. The molecule has 2 rings (SSSR count).